The number of rotatable bonds is 8. The van der Waals surface area contributed by atoms with Crippen molar-refractivity contribution in [3.05, 3.63) is 23.3 Å². The molecule has 4 heteroatoms. The van der Waals surface area contributed by atoms with Gasteiger partial charge in [-0.1, -0.05) is 37.1 Å². The van der Waals surface area contributed by atoms with Crippen LogP contribution in [0.1, 0.15) is 92.9 Å². The van der Waals surface area contributed by atoms with Crippen molar-refractivity contribution in [3.63, 3.8) is 0 Å². The normalized spacial score (nSPS) is 31.1. The Bertz CT molecular complexity index is 608. The van der Waals surface area contributed by atoms with Gasteiger partial charge in [-0.2, -0.15) is 0 Å². The van der Waals surface area contributed by atoms with Crippen LogP contribution in [0, 0.1) is 17.3 Å². The molecule has 1 aliphatic carbocycles. The van der Waals surface area contributed by atoms with Crippen LogP contribution in [0.3, 0.4) is 0 Å². The van der Waals surface area contributed by atoms with Crippen LogP contribution in [0.15, 0.2) is 23.3 Å². The van der Waals surface area contributed by atoms with E-state index in [2.05, 4.69) is 46.8 Å². The summed E-state index contributed by atoms with van der Waals surface area (Å²) in [7, 11) is 1.41. The number of allylic oxidation sites excluding steroid dienone is 4. The van der Waals surface area contributed by atoms with Gasteiger partial charge in [0.2, 0.25) is 0 Å². The molecule has 166 valence electrons. The highest BCUT2D eigenvalue weighted by Gasteiger charge is 2.38. The van der Waals surface area contributed by atoms with Crippen LogP contribution in [0.5, 0.6) is 0 Å². The molecule has 4 nitrogen and oxygen atoms in total. The topological polar surface area (TPSA) is 44.8 Å². The minimum absolute atomic E-state index is 0.215. The Hall–Kier alpha value is -1.13. The van der Waals surface area contributed by atoms with Crippen molar-refractivity contribution >= 4 is 5.97 Å². The van der Waals surface area contributed by atoms with Crippen LogP contribution in [0.25, 0.3) is 0 Å². The smallest absolute Gasteiger partial charge is 0.311 e. The Kier molecular flexibility index (Phi) is 8.54. The Morgan fingerprint density at radius 2 is 2.07 bits per heavy atom. The van der Waals surface area contributed by atoms with Gasteiger partial charge >= 0.3 is 5.97 Å². The molecule has 0 unspecified atom stereocenters. The van der Waals surface area contributed by atoms with Crippen molar-refractivity contribution in [1.82, 2.24) is 0 Å². The molecular formula is C25H42O4. The van der Waals surface area contributed by atoms with Gasteiger partial charge in [-0.15, -0.1) is 0 Å². The van der Waals surface area contributed by atoms with Crippen LogP contribution in [-0.2, 0) is 19.3 Å². The molecule has 1 saturated heterocycles. The molecule has 1 heterocycles. The van der Waals surface area contributed by atoms with Gasteiger partial charge in [-0.05, 0) is 90.4 Å². The average Bonchev–Trinajstić information content (AvgIpc) is 2.66. The van der Waals surface area contributed by atoms with Gasteiger partial charge in [0.1, 0.15) is 11.7 Å². The van der Waals surface area contributed by atoms with E-state index in [1.54, 1.807) is 5.57 Å². The van der Waals surface area contributed by atoms with Gasteiger partial charge in [0, 0.05) is 0 Å². The highest BCUT2D eigenvalue weighted by atomic mass is 17.2. The highest BCUT2D eigenvalue weighted by Crippen LogP contribution is 2.43. The van der Waals surface area contributed by atoms with Gasteiger partial charge in [-0.3, -0.25) is 4.79 Å². The maximum absolute atomic E-state index is 11.7. The molecule has 1 fully saturated rings. The number of carbonyl (C=O) groups is 1. The molecular weight excluding hydrogens is 364 g/mol. The van der Waals surface area contributed by atoms with Crippen molar-refractivity contribution in [2.75, 3.05) is 7.11 Å². The SMILES string of the molecule is COC(=O)[C@H](C)[C@@H]1CC[C@@](C)(CCCC(C)=CC[C@H]2C(C)=CCCC2(C)C)OO1. The first kappa shape index (κ1) is 24.1. The Balaban J connectivity index is 1.76. The maximum Gasteiger partial charge on any atom is 0.311 e. The van der Waals surface area contributed by atoms with Gasteiger partial charge in [0.05, 0.1) is 13.0 Å². The minimum atomic E-state index is -0.295. The number of carbonyl (C=O) groups excluding carboxylic acids is 1. The molecule has 0 aromatic rings. The largest absolute Gasteiger partial charge is 0.469 e. The summed E-state index contributed by atoms with van der Waals surface area (Å²) in [5.74, 6) is 0.123. The van der Waals surface area contributed by atoms with Crippen molar-refractivity contribution < 1.29 is 19.3 Å². The fourth-order valence-corrected chi connectivity index (χ4v) is 4.82. The summed E-state index contributed by atoms with van der Waals surface area (Å²) in [6, 6.07) is 0. The third kappa shape index (κ3) is 6.68. The van der Waals surface area contributed by atoms with Crippen LogP contribution < -0.4 is 0 Å². The molecule has 2 aliphatic rings. The molecule has 0 aromatic heterocycles. The number of hydrogen-bond donors (Lipinski definition) is 0. The van der Waals surface area contributed by atoms with Crippen LogP contribution in [-0.4, -0.2) is 24.8 Å². The fourth-order valence-electron chi connectivity index (χ4n) is 4.82. The van der Waals surface area contributed by atoms with Gasteiger partial charge in [0.25, 0.3) is 0 Å². The zero-order valence-corrected chi connectivity index (χ0v) is 19.7. The summed E-state index contributed by atoms with van der Waals surface area (Å²) in [4.78, 5) is 23.0. The summed E-state index contributed by atoms with van der Waals surface area (Å²) < 4.78 is 4.81. The quantitative estimate of drug-likeness (QED) is 0.260. The lowest BCUT2D eigenvalue weighted by Gasteiger charge is -2.38. The molecule has 0 aromatic carbocycles. The van der Waals surface area contributed by atoms with Crippen molar-refractivity contribution in [2.45, 2.75) is 105 Å². The van der Waals surface area contributed by atoms with E-state index in [1.807, 2.05) is 6.92 Å². The number of esters is 1. The van der Waals surface area contributed by atoms with Gasteiger partial charge in [0.15, 0.2) is 0 Å². The first-order valence-corrected chi connectivity index (χ1v) is 11.3. The first-order chi connectivity index (χ1) is 13.6. The lowest BCUT2D eigenvalue weighted by Crippen LogP contribution is -2.41. The van der Waals surface area contributed by atoms with E-state index in [-0.39, 0.29) is 23.6 Å². The molecule has 0 spiro atoms. The second-order valence-corrected chi connectivity index (χ2v) is 10.2. The molecule has 0 bridgehead atoms. The van der Waals surface area contributed by atoms with E-state index in [4.69, 9.17) is 14.5 Å². The van der Waals surface area contributed by atoms with E-state index in [0.29, 0.717) is 11.3 Å². The van der Waals surface area contributed by atoms with Crippen LogP contribution >= 0.6 is 0 Å². The van der Waals surface area contributed by atoms with Gasteiger partial charge in [-0.25, -0.2) is 9.78 Å². The third-order valence-electron chi connectivity index (χ3n) is 7.19. The van der Waals surface area contributed by atoms with E-state index < -0.39 is 0 Å². The van der Waals surface area contributed by atoms with Crippen molar-refractivity contribution in [2.24, 2.45) is 17.3 Å². The monoisotopic (exact) mass is 406 g/mol. The summed E-state index contributed by atoms with van der Waals surface area (Å²) >= 11 is 0. The van der Waals surface area contributed by atoms with Crippen molar-refractivity contribution in [1.29, 1.82) is 0 Å². The first-order valence-electron chi connectivity index (χ1n) is 11.3. The molecule has 0 N–H and O–H groups in total. The molecule has 4 atom stereocenters. The van der Waals surface area contributed by atoms with E-state index in [9.17, 15) is 4.79 Å². The second kappa shape index (κ2) is 10.3. The molecule has 0 amide bonds. The van der Waals surface area contributed by atoms with E-state index in [1.165, 1.54) is 25.5 Å². The summed E-state index contributed by atoms with van der Waals surface area (Å²) in [6.45, 7) is 13.3. The Labute approximate surface area is 178 Å². The molecule has 2 rings (SSSR count). The summed E-state index contributed by atoms with van der Waals surface area (Å²) in [6.07, 6.45) is 13.2. The predicted octanol–water partition coefficient (Wildman–Crippen LogP) is 6.55. The zero-order chi connectivity index (χ0) is 21.7. The molecule has 0 saturated carbocycles. The standard InChI is InChI=1S/C25H42O4/c1-18(12-13-21-19(2)11-9-15-24(21,4)5)10-8-16-25(6)17-14-22(28-29-25)20(3)23(26)27-7/h11-12,20-22H,8-10,13-17H2,1-7H3/t20-,21+,22+,25-/m1/s1. The fraction of sp³-hybridized carbons (Fsp3) is 0.800. The summed E-state index contributed by atoms with van der Waals surface area (Å²) in [5.41, 5.74) is 3.16. The average molecular weight is 407 g/mol. The molecule has 0 radical (unpaired) electrons. The second-order valence-electron chi connectivity index (χ2n) is 10.2. The van der Waals surface area contributed by atoms with Crippen molar-refractivity contribution in [3.8, 4) is 0 Å². The van der Waals surface area contributed by atoms with Crippen LogP contribution in [0.2, 0.25) is 0 Å². The predicted molar refractivity (Wildman–Crippen MR) is 117 cm³/mol. The highest BCUT2D eigenvalue weighted by molar-refractivity contribution is 5.72. The summed E-state index contributed by atoms with van der Waals surface area (Å²) in [5, 5.41) is 0. The maximum atomic E-state index is 11.7. The molecule has 29 heavy (non-hydrogen) atoms. The lowest BCUT2D eigenvalue weighted by atomic mass is 9.67. The minimum Gasteiger partial charge on any atom is -0.469 e. The number of ether oxygens (including phenoxy) is 1. The lowest BCUT2D eigenvalue weighted by molar-refractivity contribution is -0.411. The van der Waals surface area contributed by atoms with E-state index >= 15 is 0 Å². The molecule has 1 aliphatic heterocycles. The number of methoxy groups -OCH3 is 1. The van der Waals surface area contributed by atoms with E-state index in [0.717, 1.165) is 38.5 Å². The Morgan fingerprint density at radius 1 is 1.34 bits per heavy atom. The number of hydrogen-bond acceptors (Lipinski definition) is 4. The third-order valence-corrected chi connectivity index (χ3v) is 7.19. The van der Waals surface area contributed by atoms with Crippen LogP contribution in [0.4, 0.5) is 0 Å². The Morgan fingerprint density at radius 3 is 2.66 bits per heavy atom. The van der Waals surface area contributed by atoms with Gasteiger partial charge < -0.3 is 4.74 Å². The zero-order valence-electron chi connectivity index (χ0n) is 19.7.